The van der Waals surface area contributed by atoms with E-state index in [2.05, 4.69) is 212 Å². The first kappa shape index (κ1) is 35.5. The van der Waals surface area contributed by atoms with E-state index in [1.165, 1.54) is 69.3 Å². The van der Waals surface area contributed by atoms with Crippen LogP contribution in [0.15, 0.2) is 210 Å². The van der Waals surface area contributed by atoms with Crippen molar-refractivity contribution in [2.45, 2.75) is 13.3 Å². The monoisotopic (exact) mass is 797 g/mol. The van der Waals surface area contributed by atoms with Crippen LogP contribution in [0.3, 0.4) is 0 Å². The Bertz CT molecular complexity index is 3620. The van der Waals surface area contributed by atoms with E-state index in [0.29, 0.717) is 5.84 Å². The molecule has 3 heterocycles. The van der Waals surface area contributed by atoms with Gasteiger partial charge in [-0.25, -0.2) is 9.98 Å². The molecule has 2 aromatic heterocycles. The molecular formula is C57H39N3S. The van der Waals surface area contributed by atoms with Gasteiger partial charge in [0.05, 0.1) is 28.1 Å². The predicted molar refractivity (Wildman–Crippen MR) is 262 cm³/mol. The highest BCUT2D eigenvalue weighted by molar-refractivity contribution is 7.25. The summed E-state index contributed by atoms with van der Waals surface area (Å²) in [6.45, 7) is 2.30. The molecule has 0 N–H and O–H groups in total. The van der Waals surface area contributed by atoms with Crippen LogP contribution >= 0.6 is 11.3 Å². The van der Waals surface area contributed by atoms with E-state index in [1.54, 1.807) is 0 Å². The number of nitrogens with zero attached hydrogens (tertiary/aromatic N) is 3. The van der Waals surface area contributed by atoms with Crippen molar-refractivity contribution in [1.82, 2.24) is 4.57 Å². The summed E-state index contributed by atoms with van der Waals surface area (Å²) < 4.78 is 5.01. The molecule has 0 amide bonds. The number of para-hydroxylation sites is 1. The van der Waals surface area contributed by atoms with Crippen molar-refractivity contribution in [3.63, 3.8) is 0 Å². The van der Waals surface area contributed by atoms with E-state index in [9.17, 15) is 0 Å². The highest BCUT2D eigenvalue weighted by atomic mass is 32.1. The van der Waals surface area contributed by atoms with E-state index in [1.807, 2.05) is 11.3 Å². The van der Waals surface area contributed by atoms with Gasteiger partial charge in [0.15, 0.2) is 5.84 Å². The summed E-state index contributed by atoms with van der Waals surface area (Å²) in [6, 6.07) is 70.4. The molecule has 0 fully saturated rings. The molecule has 3 nitrogen and oxygen atoms in total. The summed E-state index contributed by atoms with van der Waals surface area (Å²) in [6.07, 6.45) is 3.14. The summed E-state index contributed by atoms with van der Waals surface area (Å²) >= 11 is 1.86. The Morgan fingerprint density at radius 3 is 1.92 bits per heavy atom. The largest absolute Gasteiger partial charge is 0.308 e. The fourth-order valence-electron chi connectivity index (χ4n) is 9.32. The maximum atomic E-state index is 5.69. The molecule has 1 unspecified atom stereocenters. The van der Waals surface area contributed by atoms with Crippen LogP contribution in [0.2, 0.25) is 0 Å². The number of amidine groups is 1. The highest BCUT2D eigenvalue weighted by Gasteiger charge is 2.23. The molecule has 0 saturated carbocycles. The molecular weight excluding hydrogens is 759 g/mol. The zero-order valence-corrected chi connectivity index (χ0v) is 34.4. The lowest BCUT2D eigenvalue weighted by Gasteiger charge is -2.20. The third-order valence-electron chi connectivity index (χ3n) is 12.4. The third-order valence-corrected chi connectivity index (χ3v) is 13.6. The van der Waals surface area contributed by atoms with E-state index < -0.39 is 0 Å². The number of thiophene rings is 1. The molecule has 9 aromatic carbocycles. The number of allylic oxidation sites excluding steroid dienone is 1. The molecule has 0 radical (unpaired) electrons. The standard InChI is InChI=1S/C57H39N3S/c1-36-23-30-50(58-57(44-29-26-38-15-5-6-16-41(38)31-44)59-56(36)40-27-24-39(25-28-40)37-13-3-2-4-14-37)49-34-48-46-20-10-12-22-54(46)61-55(48)35-53(49)60-51-21-11-9-19-45(51)47-32-42-17-7-8-18-43(42)33-52(47)60/h2-22,24-36H,23H2,1H3. The zero-order valence-electron chi connectivity index (χ0n) is 33.6. The Morgan fingerprint density at radius 1 is 0.459 bits per heavy atom. The van der Waals surface area contributed by atoms with Crippen molar-refractivity contribution in [1.29, 1.82) is 0 Å². The van der Waals surface area contributed by atoms with Crippen LogP contribution < -0.4 is 0 Å². The minimum atomic E-state index is 0.122. The van der Waals surface area contributed by atoms with Gasteiger partial charge in [-0.05, 0) is 87.1 Å². The second-order valence-electron chi connectivity index (χ2n) is 16.2. The number of aliphatic imine (C=N–C) groups is 2. The predicted octanol–water partition coefficient (Wildman–Crippen LogP) is 15.4. The number of rotatable bonds is 5. The fraction of sp³-hybridized carbons (Fsp3) is 0.0526. The average Bonchev–Trinajstić information content (AvgIpc) is 3.84. The molecule has 4 heteroatoms. The van der Waals surface area contributed by atoms with Crippen molar-refractivity contribution in [3.05, 3.63) is 217 Å². The number of fused-ring (bicyclic) bond motifs is 8. The van der Waals surface area contributed by atoms with Gasteiger partial charge in [-0.3, -0.25) is 0 Å². The second kappa shape index (κ2) is 14.4. The van der Waals surface area contributed by atoms with Crippen molar-refractivity contribution < 1.29 is 0 Å². The summed E-state index contributed by atoms with van der Waals surface area (Å²) in [7, 11) is 0. The molecule has 61 heavy (non-hydrogen) atoms. The first-order valence-electron chi connectivity index (χ1n) is 21.0. The average molecular weight is 798 g/mol. The van der Waals surface area contributed by atoms with Gasteiger partial charge in [-0.1, -0.05) is 165 Å². The SMILES string of the molecule is CC1CC=C(c2cc3c(cc2-n2c4ccccc4c4cc5ccccc5cc42)sc2ccccc23)N=C(c2ccc3ccccc3c2)N=C1c1ccc(-c2ccccc2)cc1. The zero-order chi connectivity index (χ0) is 40.4. The van der Waals surface area contributed by atoms with E-state index in [0.717, 1.165) is 45.6 Å². The summed E-state index contributed by atoms with van der Waals surface area (Å²) in [5, 5.41) is 9.80. The molecule has 0 spiro atoms. The Hall–Kier alpha value is -7.40. The molecule has 0 saturated heterocycles. The molecule has 0 bridgehead atoms. The summed E-state index contributed by atoms with van der Waals surface area (Å²) in [5.74, 6) is 0.831. The topological polar surface area (TPSA) is 29.6 Å². The highest BCUT2D eigenvalue weighted by Crippen LogP contribution is 2.43. The quantitative estimate of drug-likeness (QED) is 0.166. The van der Waals surface area contributed by atoms with Crippen LogP contribution in [-0.4, -0.2) is 16.1 Å². The van der Waals surface area contributed by atoms with Gasteiger partial charge in [0.1, 0.15) is 0 Å². The lowest BCUT2D eigenvalue weighted by Crippen LogP contribution is -2.17. The van der Waals surface area contributed by atoms with Gasteiger partial charge >= 0.3 is 0 Å². The normalized spacial score (nSPS) is 14.7. The first-order chi connectivity index (χ1) is 30.1. The molecule has 288 valence electrons. The Morgan fingerprint density at radius 2 is 1.10 bits per heavy atom. The molecule has 11 aromatic rings. The van der Waals surface area contributed by atoms with Gasteiger partial charge < -0.3 is 4.57 Å². The lowest BCUT2D eigenvalue weighted by molar-refractivity contribution is 0.790. The Kier molecular flexibility index (Phi) is 8.39. The maximum absolute atomic E-state index is 5.69. The van der Waals surface area contributed by atoms with Gasteiger partial charge in [0.25, 0.3) is 0 Å². The first-order valence-corrected chi connectivity index (χ1v) is 21.9. The van der Waals surface area contributed by atoms with Gasteiger partial charge in [0.2, 0.25) is 0 Å². The van der Waals surface area contributed by atoms with Crippen molar-refractivity contribution >= 4 is 92.1 Å². The molecule has 0 aliphatic carbocycles. The van der Waals surface area contributed by atoms with E-state index >= 15 is 0 Å². The number of hydrogen-bond acceptors (Lipinski definition) is 3. The van der Waals surface area contributed by atoms with Crippen molar-refractivity contribution in [2.75, 3.05) is 0 Å². The molecule has 1 atom stereocenters. The Balaban J connectivity index is 1.12. The molecule has 1 aliphatic heterocycles. The van der Waals surface area contributed by atoms with Crippen LogP contribution in [0.4, 0.5) is 0 Å². The van der Waals surface area contributed by atoms with Crippen LogP contribution in [-0.2, 0) is 0 Å². The van der Waals surface area contributed by atoms with E-state index in [4.69, 9.17) is 9.98 Å². The minimum Gasteiger partial charge on any atom is -0.308 e. The van der Waals surface area contributed by atoms with Gasteiger partial charge in [-0.2, -0.15) is 0 Å². The molecule has 1 aliphatic rings. The van der Waals surface area contributed by atoms with Gasteiger partial charge in [0, 0.05) is 48.0 Å². The van der Waals surface area contributed by atoms with Crippen LogP contribution in [0.5, 0.6) is 0 Å². The van der Waals surface area contributed by atoms with E-state index in [-0.39, 0.29) is 5.92 Å². The smallest absolute Gasteiger partial charge is 0.160 e. The number of benzene rings is 9. The fourth-order valence-corrected chi connectivity index (χ4v) is 10.4. The van der Waals surface area contributed by atoms with Crippen LogP contribution in [0.25, 0.3) is 86.0 Å². The van der Waals surface area contributed by atoms with Crippen LogP contribution in [0, 0.1) is 5.92 Å². The minimum absolute atomic E-state index is 0.122. The van der Waals surface area contributed by atoms with Crippen LogP contribution in [0.1, 0.15) is 30.0 Å². The maximum Gasteiger partial charge on any atom is 0.160 e. The van der Waals surface area contributed by atoms with Gasteiger partial charge in [-0.15, -0.1) is 11.3 Å². The second-order valence-corrected chi connectivity index (χ2v) is 17.3. The Labute approximate surface area is 357 Å². The van der Waals surface area contributed by atoms with Crippen molar-refractivity contribution in [3.8, 4) is 16.8 Å². The number of hydrogen-bond donors (Lipinski definition) is 0. The summed E-state index contributed by atoms with van der Waals surface area (Å²) in [5.41, 5.74) is 11.0. The number of aromatic nitrogens is 1. The van der Waals surface area contributed by atoms with Crippen molar-refractivity contribution in [2.24, 2.45) is 15.9 Å². The third kappa shape index (κ3) is 6.10. The summed E-state index contributed by atoms with van der Waals surface area (Å²) in [4.78, 5) is 11.3. The lowest BCUT2D eigenvalue weighted by atomic mass is 9.92. The molecule has 12 rings (SSSR count).